The molecular formula is C14H19N3O3. The van der Waals surface area contributed by atoms with Crippen molar-refractivity contribution in [1.82, 2.24) is 15.1 Å². The number of aliphatic hydroxyl groups is 1. The van der Waals surface area contributed by atoms with Gasteiger partial charge in [-0.2, -0.15) is 0 Å². The molecule has 0 unspecified atom stereocenters. The van der Waals surface area contributed by atoms with E-state index in [-0.39, 0.29) is 6.61 Å². The molecule has 0 saturated carbocycles. The fourth-order valence-corrected chi connectivity index (χ4v) is 2.02. The molecule has 0 radical (unpaired) electrons. The Morgan fingerprint density at radius 1 is 1.35 bits per heavy atom. The Bertz CT molecular complexity index is 574. The van der Waals surface area contributed by atoms with Crippen LogP contribution in [0, 0.1) is 13.8 Å². The third-order valence-corrected chi connectivity index (χ3v) is 2.90. The first kappa shape index (κ1) is 14.5. The standard InChI is InChI=1S/C14H19N3O3/c1-4-5-17(6-7-18)9-13-15-16-14(20-13)12-8-10(2)19-11(12)3/h4,8,18H,1,5-7,9H2,2-3H3. The largest absolute Gasteiger partial charge is 0.466 e. The smallest absolute Gasteiger partial charge is 0.251 e. The van der Waals surface area contributed by atoms with Crippen molar-refractivity contribution in [2.24, 2.45) is 0 Å². The first-order valence-electron chi connectivity index (χ1n) is 6.48. The van der Waals surface area contributed by atoms with Gasteiger partial charge in [0, 0.05) is 13.1 Å². The van der Waals surface area contributed by atoms with Crippen LogP contribution in [0.4, 0.5) is 0 Å². The van der Waals surface area contributed by atoms with Gasteiger partial charge in [-0.3, -0.25) is 4.90 Å². The van der Waals surface area contributed by atoms with E-state index in [1.165, 1.54) is 0 Å². The number of aliphatic hydroxyl groups excluding tert-OH is 1. The summed E-state index contributed by atoms with van der Waals surface area (Å²) < 4.78 is 11.1. The van der Waals surface area contributed by atoms with Gasteiger partial charge in [-0.05, 0) is 19.9 Å². The summed E-state index contributed by atoms with van der Waals surface area (Å²) in [7, 11) is 0. The van der Waals surface area contributed by atoms with E-state index in [1.807, 2.05) is 24.8 Å². The third-order valence-electron chi connectivity index (χ3n) is 2.90. The van der Waals surface area contributed by atoms with Crippen LogP contribution in [0.2, 0.25) is 0 Å². The zero-order valence-corrected chi connectivity index (χ0v) is 11.8. The molecule has 0 spiro atoms. The van der Waals surface area contributed by atoms with E-state index in [1.54, 1.807) is 6.08 Å². The Kier molecular flexibility index (Phi) is 4.70. The summed E-state index contributed by atoms with van der Waals surface area (Å²) in [5.74, 6) is 2.53. The van der Waals surface area contributed by atoms with Crippen molar-refractivity contribution in [2.45, 2.75) is 20.4 Å². The van der Waals surface area contributed by atoms with Crippen LogP contribution < -0.4 is 0 Å². The van der Waals surface area contributed by atoms with Gasteiger partial charge in [0.25, 0.3) is 5.89 Å². The second-order valence-corrected chi connectivity index (χ2v) is 4.58. The van der Waals surface area contributed by atoms with E-state index in [2.05, 4.69) is 16.8 Å². The van der Waals surface area contributed by atoms with Crippen LogP contribution in [-0.2, 0) is 6.54 Å². The number of hydrogen-bond donors (Lipinski definition) is 1. The molecule has 6 nitrogen and oxygen atoms in total. The number of nitrogens with zero attached hydrogens (tertiary/aromatic N) is 3. The fraction of sp³-hybridized carbons (Fsp3) is 0.429. The summed E-state index contributed by atoms with van der Waals surface area (Å²) in [5, 5.41) is 17.1. The summed E-state index contributed by atoms with van der Waals surface area (Å²) in [4.78, 5) is 1.97. The monoisotopic (exact) mass is 277 g/mol. The quantitative estimate of drug-likeness (QED) is 0.779. The summed E-state index contributed by atoms with van der Waals surface area (Å²) in [5.41, 5.74) is 0.818. The van der Waals surface area contributed by atoms with Crippen molar-refractivity contribution in [3.05, 3.63) is 36.1 Å². The van der Waals surface area contributed by atoms with Gasteiger partial charge in [-0.1, -0.05) is 6.08 Å². The molecule has 1 N–H and O–H groups in total. The maximum atomic E-state index is 9.01. The minimum atomic E-state index is 0.0782. The predicted octanol–water partition coefficient (Wildman–Crippen LogP) is 1.93. The molecular weight excluding hydrogens is 258 g/mol. The minimum Gasteiger partial charge on any atom is -0.466 e. The Hall–Kier alpha value is -1.92. The van der Waals surface area contributed by atoms with Gasteiger partial charge in [0.05, 0.1) is 18.7 Å². The molecule has 0 bridgehead atoms. The molecule has 2 aromatic rings. The predicted molar refractivity (Wildman–Crippen MR) is 74.0 cm³/mol. The van der Waals surface area contributed by atoms with Gasteiger partial charge in [0.1, 0.15) is 11.5 Å². The van der Waals surface area contributed by atoms with Crippen LogP contribution in [0.1, 0.15) is 17.4 Å². The second kappa shape index (κ2) is 6.49. The summed E-state index contributed by atoms with van der Waals surface area (Å²) in [6, 6.07) is 1.88. The highest BCUT2D eigenvalue weighted by molar-refractivity contribution is 5.55. The van der Waals surface area contributed by atoms with Gasteiger partial charge < -0.3 is 13.9 Å². The highest BCUT2D eigenvalue weighted by Gasteiger charge is 2.16. The number of furan rings is 1. The average molecular weight is 277 g/mol. The minimum absolute atomic E-state index is 0.0782. The molecule has 6 heteroatoms. The molecule has 108 valence electrons. The molecule has 0 atom stereocenters. The molecule has 0 aliphatic carbocycles. The van der Waals surface area contributed by atoms with Gasteiger partial charge >= 0.3 is 0 Å². The van der Waals surface area contributed by atoms with Crippen molar-refractivity contribution in [3.63, 3.8) is 0 Å². The molecule has 20 heavy (non-hydrogen) atoms. The van der Waals surface area contributed by atoms with Crippen molar-refractivity contribution in [1.29, 1.82) is 0 Å². The van der Waals surface area contributed by atoms with Gasteiger partial charge in [0.15, 0.2) is 0 Å². The van der Waals surface area contributed by atoms with Crippen LogP contribution in [0.15, 0.2) is 27.6 Å². The molecule has 0 fully saturated rings. The van der Waals surface area contributed by atoms with Crippen LogP contribution in [0.25, 0.3) is 11.5 Å². The van der Waals surface area contributed by atoms with E-state index in [4.69, 9.17) is 13.9 Å². The van der Waals surface area contributed by atoms with Crippen molar-refractivity contribution < 1.29 is 13.9 Å². The number of aromatic nitrogens is 2. The summed E-state index contributed by atoms with van der Waals surface area (Å²) >= 11 is 0. The zero-order chi connectivity index (χ0) is 14.5. The topological polar surface area (TPSA) is 75.5 Å². The van der Waals surface area contributed by atoms with Crippen molar-refractivity contribution in [2.75, 3.05) is 19.7 Å². The Labute approximate surface area is 117 Å². The number of rotatable bonds is 7. The Morgan fingerprint density at radius 3 is 2.75 bits per heavy atom. The van der Waals surface area contributed by atoms with Crippen molar-refractivity contribution >= 4 is 0 Å². The molecule has 0 aliphatic rings. The lowest BCUT2D eigenvalue weighted by Crippen LogP contribution is -2.26. The molecule has 0 aliphatic heterocycles. The van der Waals surface area contributed by atoms with E-state index in [0.29, 0.717) is 31.4 Å². The van der Waals surface area contributed by atoms with E-state index >= 15 is 0 Å². The third kappa shape index (κ3) is 3.34. The van der Waals surface area contributed by atoms with E-state index in [9.17, 15) is 0 Å². The molecule has 2 heterocycles. The molecule has 0 amide bonds. The SMILES string of the molecule is C=CCN(CCO)Cc1nnc(-c2cc(C)oc2C)o1. The lowest BCUT2D eigenvalue weighted by Gasteiger charge is -2.16. The highest BCUT2D eigenvalue weighted by atomic mass is 16.4. The normalized spacial score (nSPS) is 11.2. The second-order valence-electron chi connectivity index (χ2n) is 4.58. The van der Waals surface area contributed by atoms with Gasteiger partial charge in [-0.15, -0.1) is 16.8 Å². The number of hydrogen-bond acceptors (Lipinski definition) is 6. The fourth-order valence-electron chi connectivity index (χ4n) is 2.02. The van der Waals surface area contributed by atoms with Gasteiger partial charge in [-0.25, -0.2) is 0 Å². The van der Waals surface area contributed by atoms with Crippen LogP contribution >= 0.6 is 0 Å². The summed E-state index contributed by atoms with van der Waals surface area (Å²) in [6.45, 7) is 9.18. The van der Waals surface area contributed by atoms with Crippen LogP contribution in [0.3, 0.4) is 0 Å². The average Bonchev–Trinajstić information content (AvgIpc) is 2.96. The van der Waals surface area contributed by atoms with Gasteiger partial charge in [0.2, 0.25) is 5.89 Å². The lowest BCUT2D eigenvalue weighted by atomic mass is 10.2. The van der Waals surface area contributed by atoms with Crippen molar-refractivity contribution in [3.8, 4) is 11.5 Å². The number of aryl methyl sites for hydroxylation is 2. The van der Waals surface area contributed by atoms with Crippen LogP contribution in [0.5, 0.6) is 0 Å². The first-order valence-corrected chi connectivity index (χ1v) is 6.48. The zero-order valence-electron chi connectivity index (χ0n) is 11.8. The molecule has 2 aromatic heterocycles. The maximum absolute atomic E-state index is 9.01. The first-order chi connectivity index (χ1) is 9.63. The highest BCUT2D eigenvalue weighted by Crippen LogP contribution is 2.25. The summed E-state index contributed by atoms with van der Waals surface area (Å²) in [6.07, 6.45) is 1.77. The Balaban J connectivity index is 2.12. The van der Waals surface area contributed by atoms with E-state index < -0.39 is 0 Å². The molecule has 0 aromatic carbocycles. The maximum Gasteiger partial charge on any atom is 0.251 e. The molecule has 0 saturated heterocycles. The lowest BCUT2D eigenvalue weighted by molar-refractivity contribution is 0.192. The molecule has 2 rings (SSSR count). The van der Waals surface area contributed by atoms with Crippen LogP contribution in [-0.4, -0.2) is 39.9 Å². The van der Waals surface area contributed by atoms with E-state index in [0.717, 1.165) is 17.1 Å². The Morgan fingerprint density at radius 2 is 2.15 bits per heavy atom.